The molecule has 0 atom stereocenters. The molecule has 136 valence electrons. The Hall–Kier alpha value is -2.62. The average molecular weight is 469 g/mol. The highest BCUT2D eigenvalue weighted by Gasteiger charge is 2.13. The maximum Gasteiger partial charge on any atom is 0.341 e. The predicted molar refractivity (Wildman–Crippen MR) is 104 cm³/mol. The first kappa shape index (κ1) is 19.7. The van der Waals surface area contributed by atoms with E-state index in [2.05, 4.69) is 4.99 Å². The Morgan fingerprint density at radius 1 is 1.23 bits per heavy atom. The number of aryl methyl sites for hydroxylation is 1. The van der Waals surface area contributed by atoms with Crippen LogP contribution in [0.25, 0.3) is 0 Å². The first-order valence-corrected chi connectivity index (χ1v) is 8.50. The maximum atomic E-state index is 11.0. The number of hydrogen-bond donors (Lipinski definition) is 2. The fraction of sp³-hybridized carbons (Fsp3) is 0.167. The lowest BCUT2D eigenvalue weighted by Gasteiger charge is -2.12. The lowest BCUT2D eigenvalue weighted by molar-refractivity contribution is -0.139. The van der Waals surface area contributed by atoms with Crippen molar-refractivity contribution < 1.29 is 29.3 Å². The van der Waals surface area contributed by atoms with Gasteiger partial charge >= 0.3 is 11.9 Å². The van der Waals surface area contributed by atoms with Crippen molar-refractivity contribution in [3.8, 4) is 11.5 Å². The van der Waals surface area contributed by atoms with Gasteiger partial charge in [0.15, 0.2) is 18.1 Å². The van der Waals surface area contributed by atoms with Crippen molar-refractivity contribution in [1.29, 1.82) is 0 Å². The summed E-state index contributed by atoms with van der Waals surface area (Å²) < 4.78 is 11.2. The van der Waals surface area contributed by atoms with Crippen molar-refractivity contribution in [1.82, 2.24) is 0 Å². The van der Waals surface area contributed by atoms with Gasteiger partial charge in [-0.2, -0.15) is 0 Å². The van der Waals surface area contributed by atoms with E-state index in [0.717, 1.165) is 11.1 Å². The van der Waals surface area contributed by atoms with E-state index in [1.807, 2.05) is 22.6 Å². The monoisotopic (exact) mass is 469 g/mol. The molecule has 0 spiro atoms. The summed E-state index contributed by atoms with van der Waals surface area (Å²) in [5.41, 5.74) is 2.33. The molecule has 0 aliphatic heterocycles. The number of hydrogen-bond acceptors (Lipinski definition) is 5. The van der Waals surface area contributed by atoms with Gasteiger partial charge in [-0.15, -0.1) is 0 Å². The van der Waals surface area contributed by atoms with E-state index in [9.17, 15) is 9.59 Å². The quantitative estimate of drug-likeness (QED) is 0.475. The standard InChI is InChI=1S/C18H16INO6/c1-10-5-12(18(23)24)3-4-14(10)20-8-11-6-13(19)17(15(7-11)25-2)26-9-16(21)22/h3-8H,9H2,1-2H3,(H,21,22)(H,23,24). The third kappa shape index (κ3) is 4.94. The molecule has 0 heterocycles. The maximum absolute atomic E-state index is 11.0. The third-order valence-electron chi connectivity index (χ3n) is 3.39. The van der Waals surface area contributed by atoms with Gasteiger partial charge in [0.25, 0.3) is 0 Å². The summed E-state index contributed by atoms with van der Waals surface area (Å²) in [6, 6.07) is 8.16. The predicted octanol–water partition coefficient (Wildman–Crippen LogP) is 3.52. The third-order valence-corrected chi connectivity index (χ3v) is 4.19. The molecule has 0 fully saturated rings. The van der Waals surface area contributed by atoms with Crippen LogP contribution in [0.1, 0.15) is 21.5 Å². The van der Waals surface area contributed by atoms with E-state index in [-0.39, 0.29) is 5.56 Å². The van der Waals surface area contributed by atoms with Gasteiger partial charge in [0.1, 0.15) is 0 Å². The largest absolute Gasteiger partial charge is 0.493 e. The Labute approximate surface area is 163 Å². The number of aromatic carboxylic acids is 1. The Morgan fingerprint density at radius 2 is 1.96 bits per heavy atom. The zero-order valence-electron chi connectivity index (χ0n) is 14.0. The zero-order valence-corrected chi connectivity index (χ0v) is 16.2. The van der Waals surface area contributed by atoms with Crippen LogP contribution >= 0.6 is 22.6 Å². The van der Waals surface area contributed by atoms with Gasteiger partial charge in [0.2, 0.25) is 0 Å². The number of rotatable bonds is 7. The Kier molecular flexibility index (Phi) is 6.56. The van der Waals surface area contributed by atoms with Crippen molar-refractivity contribution in [3.05, 3.63) is 50.6 Å². The minimum absolute atomic E-state index is 0.206. The number of halogens is 1. The van der Waals surface area contributed by atoms with Gasteiger partial charge in [-0.3, -0.25) is 4.99 Å². The molecular formula is C18H16INO6. The lowest BCUT2D eigenvalue weighted by Crippen LogP contribution is -2.11. The second-order valence-corrected chi connectivity index (χ2v) is 6.44. The smallest absolute Gasteiger partial charge is 0.341 e. The van der Waals surface area contributed by atoms with E-state index in [1.54, 1.807) is 37.4 Å². The van der Waals surface area contributed by atoms with E-state index in [4.69, 9.17) is 19.7 Å². The van der Waals surface area contributed by atoms with Gasteiger partial charge < -0.3 is 19.7 Å². The molecule has 2 aromatic carbocycles. The molecule has 0 saturated heterocycles. The van der Waals surface area contributed by atoms with E-state index < -0.39 is 18.5 Å². The number of ether oxygens (including phenoxy) is 2. The van der Waals surface area contributed by atoms with Crippen LogP contribution < -0.4 is 9.47 Å². The van der Waals surface area contributed by atoms with Crippen molar-refractivity contribution in [2.75, 3.05) is 13.7 Å². The van der Waals surface area contributed by atoms with Crippen LogP contribution in [0.15, 0.2) is 35.3 Å². The molecular weight excluding hydrogens is 453 g/mol. The highest BCUT2D eigenvalue weighted by molar-refractivity contribution is 14.1. The number of aliphatic imine (C=N–C) groups is 1. The number of nitrogens with zero attached hydrogens (tertiary/aromatic N) is 1. The van der Waals surface area contributed by atoms with E-state index in [0.29, 0.717) is 20.8 Å². The Morgan fingerprint density at radius 3 is 2.54 bits per heavy atom. The Balaban J connectivity index is 2.29. The normalized spacial score (nSPS) is 10.7. The molecule has 8 heteroatoms. The topological polar surface area (TPSA) is 105 Å². The molecule has 0 unspecified atom stereocenters. The van der Waals surface area contributed by atoms with Gasteiger partial charge in [-0.05, 0) is 71.0 Å². The van der Waals surface area contributed by atoms with Crippen molar-refractivity contribution >= 4 is 46.4 Å². The van der Waals surface area contributed by atoms with Gasteiger partial charge in [0.05, 0.1) is 21.9 Å². The molecule has 2 N–H and O–H groups in total. The molecule has 0 radical (unpaired) electrons. The second-order valence-electron chi connectivity index (χ2n) is 5.28. The molecule has 7 nitrogen and oxygen atoms in total. The summed E-state index contributed by atoms with van der Waals surface area (Å²) in [6.07, 6.45) is 1.62. The first-order valence-electron chi connectivity index (χ1n) is 7.42. The molecule has 2 rings (SSSR count). The molecule has 0 amide bonds. The minimum Gasteiger partial charge on any atom is -0.493 e. The molecule has 0 aliphatic rings. The molecule has 0 bridgehead atoms. The summed E-state index contributed by atoms with van der Waals surface area (Å²) in [4.78, 5) is 26.0. The molecule has 0 saturated carbocycles. The second kappa shape index (κ2) is 8.65. The van der Waals surface area contributed by atoms with Gasteiger partial charge in [-0.25, -0.2) is 9.59 Å². The van der Waals surface area contributed by atoms with Crippen LogP contribution in [0.4, 0.5) is 5.69 Å². The van der Waals surface area contributed by atoms with E-state index >= 15 is 0 Å². The van der Waals surface area contributed by atoms with Crippen LogP contribution in [-0.4, -0.2) is 42.1 Å². The molecule has 0 aliphatic carbocycles. The number of carboxylic acids is 2. The highest BCUT2D eigenvalue weighted by atomic mass is 127. The summed E-state index contributed by atoms with van der Waals surface area (Å²) in [5, 5.41) is 17.7. The lowest BCUT2D eigenvalue weighted by atomic mass is 10.1. The summed E-state index contributed by atoms with van der Waals surface area (Å²) in [5.74, 6) is -1.30. The van der Waals surface area contributed by atoms with Crippen molar-refractivity contribution in [2.45, 2.75) is 6.92 Å². The minimum atomic E-state index is -1.08. The number of benzene rings is 2. The fourth-order valence-electron chi connectivity index (χ4n) is 2.17. The summed E-state index contributed by atoms with van der Waals surface area (Å²) in [7, 11) is 1.47. The average Bonchev–Trinajstić information content (AvgIpc) is 2.58. The van der Waals surface area contributed by atoms with Gasteiger partial charge in [0, 0.05) is 6.21 Å². The van der Waals surface area contributed by atoms with Crippen molar-refractivity contribution in [3.63, 3.8) is 0 Å². The van der Waals surface area contributed by atoms with Crippen molar-refractivity contribution in [2.24, 2.45) is 4.99 Å². The highest BCUT2D eigenvalue weighted by Crippen LogP contribution is 2.33. The first-order chi connectivity index (χ1) is 12.3. The van der Waals surface area contributed by atoms with Crippen LogP contribution in [-0.2, 0) is 4.79 Å². The van der Waals surface area contributed by atoms with Crippen LogP contribution in [0.5, 0.6) is 11.5 Å². The van der Waals surface area contributed by atoms with Gasteiger partial charge in [-0.1, -0.05) is 0 Å². The fourth-order valence-corrected chi connectivity index (χ4v) is 2.95. The number of methoxy groups -OCH3 is 1. The molecule has 0 aromatic heterocycles. The Bertz CT molecular complexity index is 878. The van der Waals surface area contributed by atoms with Crippen LogP contribution in [0.2, 0.25) is 0 Å². The number of aliphatic carboxylic acids is 1. The molecule has 2 aromatic rings. The SMILES string of the molecule is COc1cc(C=Nc2ccc(C(=O)O)cc2C)cc(I)c1OCC(=O)O. The van der Waals surface area contributed by atoms with E-state index in [1.165, 1.54) is 13.2 Å². The molecule has 26 heavy (non-hydrogen) atoms. The summed E-state index contributed by atoms with van der Waals surface area (Å²) >= 11 is 2.03. The number of carbonyl (C=O) groups is 2. The summed E-state index contributed by atoms with van der Waals surface area (Å²) in [6.45, 7) is 1.32. The zero-order chi connectivity index (χ0) is 19.3. The van der Waals surface area contributed by atoms with Crippen LogP contribution in [0.3, 0.4) is 0 Å². The van der Waals surface area contributed by atoms with Crippen LogP contribution in [0, 0.1) is 10.5 Å². The number of carboxylic acid groups (broad SMARTS) is 2.